The molecule has 0 amide bonds. The quantitative estimate of drug-likeness (QED) is 0.370. The van der Waals surface area contributed by atoms with Crippen LogP contribution in [0.15, 0.2) is 24.3 Å². The van der Waals surface area contributed by atoms with E-state index in [1.165, 1.54) is 0 Å². The van der Waals surface area contributed by atoms with E-state index in [0.29, 0.717) is 32.1 Å². The molecule has 0 heterocycles. The molecule has 0 aromatic heterocycles. The minimum Gasteiger partial charge on any atom is -0.481 e. The van der Waals surface area contributed by atoms with Crippen LogP contribution in [0.4, 0.5) is 0 Å². The Labute approximate surface area is 150 Å². The van der Waals surface area contributed by atoms with Gasteiger partial charge in [-0.05, 0) is 44.4 Å². The van der Waals surface area contributed by atoms with Crippen LogP contribution < -0.4 is 0 Å². The van der Waals surface area contributed by atoms with Gasteiger partial charge in [-0.1, -0.05) is 37.6 Å². The number of carboxylic acids is 1. The lowest BCUT2D eigenvalue weighted by molar-refractivity contribution is -0.137. The molecule has 1 fully saturated rings. The Balaban J connectivity index is 2.43. The topological polar surface area (TPSA) is 94.8 Å². The molecular formula is C20H32O5. The summed E-state index contributed by atoms with van der Waals surface area (Å²) in [4.78, 5) is 22.6. The summed E-state index contributed by atoms with van der Waals surface area (Å²) in [7, 11) is 0. The van der Waals surface area contributed by atoms with Crippen LogP contribution in [0, 0.1) is 11.8 Å². The summed E-state index contributed by atoms with van der Waals surface area (Å²) in [6.45, 7) is 2.08. The minimum absolute atomic E-state index is 0.0868. The van der Waals surface area contributed by atoms with Crippen LogP contribution in [0.5, 0.6) is 0 Å². The smallest absolute Gasteiger partial charge is 0.303 e. The highest BCUT2D eigenvalue weighted by atomic mass is 16.4. The van der Waals surface area contributed by atoms with Gasteiger partial charge in [-0.2, -0.15) is 0 Å². The maximum atomic E-state index is 12.1. The van der Waals surface area contributed by atoms with Gasteiger partial charge in [0.1, 0.15) is 5.78 Å². The Morgan fingerprint density at radius 2 is 2.04 bits per heavy atom. The van der Waals surface area contributed by atoms with Crippen molar-refractivity contribution in [2.45, 2.75) is 76.9 Å². The molecule has 0 aromatic rings. The van der Waals surface area contributed by atoms with Gasteiger partial charge in [0.15, 0.2) is 0 Å². The third kappa shape index (κ3) is 8.45. The normalized spacial score (nSPS) is 25.2. The summed E-state index contributed by atoms with van der Waals surface area (Å²) in [5, 5.41) is 28.7. The number of Topliss-reactive ketones (excluding diaryl/α,β-unsaturated/α-hetero) is 1. The fraction of sp³-hybridized carbons (Fsp3) is 0.700. The van der Waals surface area contributed by atoms with Crippen molar-refractivity contribution < 1.29 is 24.9 Å². The zero-order valence-corrected chi connectivity index (χ0v) is 15.1. The summed E-state index contributed by atoms with van der Waals surface area (Å²) < 4.78 is 0. The van der Waals surface area contributed by atoms with Gasteiger partial charge in [-0.15, -0.1) is 0 Å². The van der Waals surface area contributed by atoms with Gasteiger partial charge in [-0.3, -0.25) is 9.59 Å². The SMILES string of the molecule is CCCC=CC(O)CC[C@H]1[C@H](O)CC(=O)[C@@H]1CC=CCCCC(=O)O. The predicted octanol–water partition coefficient (Wildman–Crippen LogP) is 3.25. The molecule has 0 aliphatic heterocycles. The molecule has 5 heteroatoms. The van der Waals surface area contributed by atoms with E-state index >= 15 is 0 Å². The Morgan fingerprint density at radius 3 is 2.72 bits per heavy atom. The summed E-state index contributed by atoms with van der Waals surface area (Å²) in [5.74, 6) is -1.01. The largest absolute Gasteiger partial charge is 0.481 e. The Kier molecular flexibility index (Phi) is 10.3. The van der Waals surface area contributed by atoms with Crippen molar-refractivity contribution in [2.24, 2.45) is 11.8 Å². The number of aliphatic hydroxyl groups is 2. The summed E-state index contributed by atoms with van der Waals surface area (Å²) in [5.41, 5.74) is 0. The second-order valence-corrected chi connectivity index (χ2v) is 6.86. The highest BCUT2D eigenvalue weighted by molar-refractivity contribution is 5.84. The van der Waals surface area contributed by atoms with Crippen molar-refractivity contribution in [3.05, 3.63) is 24.3 Å². The minimum atomic E-state index is -0.797. The van der Waals surface area contributed by atoms with Crippen molar-refractivity contribution in [2.75, 3.05) is 0 Å². The van der Waals surface area contributed by atoms with E-state index in [0.717, 1.165) is 12.8 Å². The number of aliphatic hydroxyl groups excluding tert-OH is 2. The standard InChI is InChI=1S/C20H32O5/c1-2-3-6-9-15(21)12-13-17-16(18(22)14-19(17)23)10-7-4-5-8-11-20(24)25/h4,6-7,9,15-17,19,21,23H,2-3,5,8,10-14H2,1H3,(H,24,25)/t15?,16-,17-,19-/m1/s1. The van der Waals surface area contributed by atoms with Gasteiger partial charge in [-0.25, -0.2) is 0 Å². The lowest BCUT2D eigenvalue weighted by atomic mass is 9.86. The number of unbranched alkanes of at least 4 members (excludes halogenated alkanes) is 2. The van der Waals surface area contributed by atoms with E-state index in [2.05, 4.69) is 6.92 Å². The number of aliphatic carboxylic acids is 1. The highest BCUT2D eigenvalue weighted by Gasteiger charge is 2.40. The third-order valence-corrected chi connectivity index (χ3v) is 4.76. The van der Waals surface area contributed by atoms with Crippen LogP contribution in [0.25, 0.3) is 0 Å². The summed E-state index contributed by atoms with van der Waals surface area (Å²) >= 11 is 0. The van der Waals surface area contributed by atoms with Gasteiger partial charge < -0.3 is 15.3 Å². The first kappa shape index (κ1) is 21.6. The van der Waals surface area contributed by atoms with Crippen molar-refractivity contribution in [1.29, 1.82) is 0 Å². The van der Waals surface area contributed by atoms with E-state index in [1.807, 2.05) is 18.2 Å². The van der Waals surface area contributed by atoms with Crippen molar-refractivity contribution in [3.8, 4) is 0 Å². The average Bonchev–Trinajstić information content (AvgIpc) is 2.82. The number of hydrogen-bond acceptors (Lipinski definition) is 4. The second kappa shape index (κ2) is 12.0. The number of ketones is 1. The van der Waals surface area contributed by atoms with Crippen LogP contribution in [0.3, 0.4) is 0 Å². The summed E-state index contributed by atoms with van der Waals surface area (Å²) in [6, 6.07) is 0. The first-order chi connectivity index (χ1) is 12.0. The predicted molar refractivity (Wildman–Crippen MR) is 97.1 cm³/mol. The zero-order valence-electron chi connectivity index (χ0n) is 15.1. The number of allylic oxidation sites excluding steroid dienone is 3. The van der Waals surface area contributed by atoms with Gasteiger partial charge in [0.2, 0.25) is 0 Å². The number of carboxylic acid groups (broad SMARTS) is 1. The van der Waals surface area contributed by atoms with Crippen LogP contribution in [0.2, 0.25) is 0 Å². The molecule has 4 atom stereocenters. The monoisotopic (exact) mass is 352 g/mol. The molecule has 1 aliphatic carbocycles. The molecule has 0 bridgehead atoms. The van der Waals surface area contributed by atoms with E-state index in [4.69, 9.17) is 5.11 Å². The molecule has 0 saturated heterocycles. The molecule has 1 aliphatic rings. The number of hydrogen-bond donors (Lipinski definition) is 3. The number of rotatable bonds is 12. The van der Waals surface area contributed by atoms with E-state index in [-0.39, 0.29) is 30.5 Å². The van der Waals surface area contributed by atoms with Crippen LogP contribution >= 0.6 is 0 Å². The van der Waals surface area contributed by atoms with Gasteiger partial charge in [0, 0.05) is 18.8 Å². The molecular weight excluding hydrogens is 320 g/mol. The van der Waals surface area contributed by atoms with Crippen molar-refractivity contribution in [1.82, 2.24) is 0 Å². The van der Waals surface area contributed by atoms with Crippen molar-refractivity contribution in [3.63, 3.8) is 0 Å². The number of carbonyl (C=O) groups is 2. The van der Waals surface area contributed by atoms with E-state index < -0.39 is 18.2 Å². The van der Waals surface area contributed by atoms with Crippen LogP contribution in [-0.2, 0) is 9.59 Å². The fourth-order valence-electron chi connectivity index (χ4n) is 3.33. The third-order valence-electron chi connectivity index (χ3n) is 4.76. The Bertz CT molecular complexity index is 469. The van der Waals surface area contributed by atoms with Gasteiger partial charge in [0.05, 0.1) is 12.2 Å². The highest BCUT2D eigenvalue weighted by Crippen LogP contribution is 2.35. The molecule has 1 unspecified atom stereocenters. The van der Waals surface area contributed by atoms with Crippen LogP contribution in [-0.4, -0.2) is 39.3 Å². The second-order valence-electron chi connectivity index (χ2n) is 6.86. The van der Waals surface area contributed by atoms with Gasteiger partial charge >= 0.3 is 5.97 Å². The first-order valence-electron chi connectivity index (χ1n) is 9.38. The number of carbonyl (C=O) groups excluding carboxylic acids is 1. The Morgan fingerprint density at radius 1 is 1.28 bits per heavy atom. The molecule has 0 aromatic carbocycles. The molecule has 0 radical (unpaired) electrons. The fourth-order valence-corrected chi connectivity index (χ4v) is 3.33. The average molecular weight is 352 g/mol. The van der Waals surface area contributed by atoms with Crippen molar-refractivity contribution >= 4 is 11.8 Å². The van der Waals surface area contributed by atoms with Gasteiger partial charge in [0.25, 0.3) is 0 Å². The van der Waals surface area contributed by atoms with Crippen LogP contribution in [0.1, 0.15) is 64.7 Å². The molecule has 25 heavy (non-hydrogen) atoms. The summed E-state index contributed by atoms with van der Waals surface area (Å²) in [6.07, 6.45) is 11.8. The molecule has 5 nitrogen and oxygen atoms in total. The lowest BCUT2D eigenvalue weighted by Gasteiger charge is -2.20. The maximum Gasteiger partial charge on any atom is 0.303 e. The molecule has 3 N–H and O–H groups in total. The first-order valence-corrected chi connectivity index (χ1v) is 9.38. The molecule has 142 valence electrons. The molecule has 0 spiro atoms. The zero-order chi connectivity index (χ0) is 18.7. The van der Waals surface area contributed by atoms with E-state index in [1.54, 1.807) is 6.08 Å². The lowest BCUT2D eigenvalue weighted by Crippen LogP contribution is -2.22. The molecule has 1 saturated carbocycles. The van der Waals surface area contributed by atoms with E-state index in [9.17, 15) is 19.8 Å². The Hall–Kier alpha value is -1.46. The maximum absolute atomic E-state index is 12.1. The molecule has 1 rings (SSSR count).